The highest BCUT2D eigenvalue weighted by Crippen LogP contribution is 2.29. The van der Waals surface area contributed by atoms with Gasteiger partial charge in [-0.05, 0) is 30.7 Å². The van der Waals surface area contributed by atoms with Gasteiger partial charge in [0.15, 0.2) is 5.82 Å². The molecule has 0 bridgehead atoms. The molecule has 0 saturated heterocycles. The van der Waals surface area contributed by atoms with Gasteiger partial charge in [-0.1, -0.05) is 35.9 Å². The molecule has 2 heterocycles. The second-order valence-corrected chi connectivity index (χ2v) is 4.82. The van der Waals surface area contributed by atoms with Crippen molar-refractivity contribution in [3.63, 3.8) is 0 Å². The molecule has 1 aromatic carbocycles. The zero-order valence-electron chi connectivity index (χ0n) is 10.9. The third-order valence-corrected chi connectivity index (χ3v) is 3.35. The van der Waals surface area contributed by atoms with Crippen LogP contribution in [0.3, 0.4) is 0 Å². The lowest BCUT2D eigenvalue weighted by atomic mass is 10.1. The Hall–Kier alpha value is -2.26. The zero-order valence-corrected chi connectivity index (χ0v) is 11.7. The monoisotopic (exact) mass is 281 g/mol. The van der Waals surface area contributed by atoms with Crippen molar-refractivity contribution in [2.45, 2.75) is 6.92 Å². The number of aromatic nitrogens is 3. The summed E-state index contributed by atoms with van der Waals surface area (Å²) in [6.45, 7) is 2.02. The van der Waals surface area contributed by atoms with Gasteiger partial charge in [-0.3, -0.25) is 0 Å². The van der Waals surface area contributed by atoms with Gasteiger partial charge in [0.05, 0.1) is 5.69 Å². The average Bonchev–Trinajstić information content (AvgIpc) is 2.49. The second kappa shape index (κ2) is 5.39. The smallest absolute Gasteiger partial charge is 0.178 e. The molecule has 0 N–H and O–H groups in total. The number of pyridine rings is 1. The van der Waals surface area contributed by atoms with Crippen LogP contribution in [0.25, 0.3) is 22.8 Å². The number of nitrogens with zero attached hydrogens (tertiary/aromatic N) is 3. The van der Waals surface area contributed by atoms with Gasteiger partial charge in [0.2, 0.25) is 0 Å². The van der Waals surface area contributed by atoms with Crippen LogP contribution in [0, 0.1) is 6.92 Å². The van der Waals surface area contributed by atoms with Gasteiger partial charge in [0, 0.05) is 23.0 Å². The third kappa shape index (κ3) is 2.40. The molecule has 3 nitrogen and oxygen atoms in total. The van der Waals surface area contributed by atoms with Crippen molar-refractivity contribution in [1.82, 2.24) is 15.0 Å². The van der Waals surface area contributed by atoms with Gasteiger partial charge in [0.1, 0.15) is 5.69 Å². The number of rotatable bonds is 2. The van der Waals surface area contributed by atoms with Crippen LogP contribution < -0.4 is 0 Å². The minimum Gasteiger partial charge on any atom is -0.244 e. The first-order chi connectivity index (χ1) is 9.75. The largest absolute Gasteiger partial charge is 0.244 e. The average molecular weight is 282 g/mol. The first-order valence-corrected chi connectivity index (χ1v) is 6.63. The van der Waals surface area contributed by atoms with Crippen molar-refractivity contribution in [1.29, 1.82) is 0 Å². The highest BCUT2D eigenvalue weighted by atomic mass is 35.5. The van der Waals surface area contributed by atoms with E-state index in [1.54, 1.807) is 18.5 Å². The first-order valence-electron chi connectivity index (χ1n) is 6.25. The zero-order chi connectivity index (χ0) is 13.9. The van der Waals surface area contributed by atoms with E-state index in [0.717, 1.165) is 22.5 Å². The van der Waals surface area contributed by atoms with Crippen LogP contribution in [0.1, 0.15) is 5.56 Å². The maximum atomic E-state index is 6.26. The predicted octanol–water partition coefficient (Wildman–Crippen LogP) is 4.17. The summed E-state index contributed by atoms with van der Waals surface area (Å²) in [4.78, 5) is 13.1. The molecule has 0 unspecified atom stereocenters. The number of aryl methyl sites for hydroxylation is 1. The molecule has 0 aliphatic heterocycles. The fraction of sp³-hybridized carbons (Fsp3) is 0.0625. The predicted molar refractivity (Wildman–Crippen MR) is 80.4 cm³/mol. The van der Waals surface area contributed by atoms with E-state index in [2.05, 4.69) is 15.0 Å². The molecular formula is C16H12ClN3. The van der Waals surface area contributed by atoms with Crippen LogP contribution in [-0.2, 0) is 0 Å². The van der Waals surface area contributed by atoms with E-state index in [0.29, 0.717) is 10.8 Å². The normalized spacial score (nSPS) is 10.5. The summed E-state index contributed by atoms with van der Waals surface area (Å²) in [6.07, 6.45) is 3.41. The van der Waals surface area contributed by atoms with Gasteiger partial charge in [0.25, 0.3) is 0 Å². The van der Waals surface area contributed by atoms with E-state index in [1.807, 2.05) is 43.3 Å². The van der Waals surface area contributed by atoms with E-state index in [-0.39, 0.29) is 0 Å². The molecule has 20 heavy (non-hydrogen) atoms. The summed E-state index contributed by atoms with van der Waals surface area (Å²) in [7, 11) is 0. The Balaban J connectivity index is 2.15. The molecular weight excluding hydrogens is 270 g/mol. The SMILES string of the molecule is Cc1ccc(-c2ncccn2)nc1-c1ccccc1Cl. The molecule has 0 saturated carbocycles. The van der Waals surface area contributed by atoms with Crippen LogP contribution in [0.5, 0.6) is 0 Å². The quantitative estimate of drug-likeness (QED) is 0.708. The van der Waals surface area contributed by atoms with Crippen LogP contribution >= 0.6 is 11.6 Å². The number of hydrogen-bond donors (Lipinski definition) is 0. The maximum Gasteiger partial charge on any atom is 0.178 e. The summed E-state index contributed by atoms with van der Waals surface area (Å²) in [5.41, 5.74) is 3.59. The Labute approximate surface area is 122 Å². The Morgan fingerprint density at radius 1 is 0.900 bits per heavy atom. The summed E-state index contributed by atoms with van der Waals surface area (Å²) < 4.78 is 0. The second-order valence-electron chi connectivity index (χ2n) is 4.41. The van der Waals surface area contributed by atoms with Gasteiger partial charge in [-0.25, -0.2) is 15.0 Å². The molecule has 0 aliphatic rings. The topological polar surface area (TPSA) is 38.7 Å². The van der Waals surface area contributed by atoms with E-state index >= 15 is 0 Å². The lowest BCUT2D eigenvalue weighted by Crippen LogP contribution is -1.95. The maximum absolute atomic E-state index is 6.26. The highest BCUT2D eigenvalue weighted by molar-refractivity contribution is 6.33. The Bertz CT molecular complexity index is 742. The Morgan fingerprint density at radius 3 is 2.40 bits per heavy atom. The molecule has 2 aromatic heterocycles. The molecule has 4 heteroatoms. The van der Waals surface area contributed by atoms with Crippen molar-refractivity contribution < 1.29 is 0 Å². The van der Waals surface area contributed by atoms with Crippen LogP contribution in [0.4, 0.5) is 0 Å². The van der Waals surface area contributed by atoms with E-state index in [1.165, 1.54) is 0 Å². The van der Waals surface area contributed by atoms with Crippen molar-refractivity contribution in [2.24, 2.45) is 0 Å². The Kier molecular flexibility index (Phi) is 3.44. The van der Waals surface area contributed by atoms with Crippen LogP contribution in [-0.4, -0.2) is 15.0 Å². The molecule has 0 atom stereocenters. The molecule has 0 amide bonds. The lowest BCUT2D eigenvalue weighted by molar-refractivity contribution is 1.13. The van der Waals surface area contributed by atoms with E-state index < -0.39 is 0 Å². The van der Waals surface area contributed by atoms with E-state index in [4.69, 9.17) is 11.6 Å². The summed E-state index contributed by atoms with van der Waals surface area (Å²) >= 11 is 6.26. The summed E-state index contributed by atoms with van der Waals surface area (Å²) in [5, 5.41) is 0.689. The standard InChI is InChI=1S/C16H12ClN3/c1-11-7-8-14(16-18-9-4-10-19-16)20-15(11)12-5-2-3-6-13(12)17/h2-10H,1H3. The fourth-order valence-electron chi connectivity index (χ4n) is 2.01. The molecule has 0 radical (unpaired) electrons. The number of halogens is 1. The summed E-state index contributed by atoms with van der Waals surface area (Å²) in [5.74, 6) is 0.612. The van der Waals surface area contributed by atoms with Crippen LogP contribution in [0.2, 0.25) is 5.02 Å². The van der Waals surface area contributed by atoms with Gasteiger partial charge in [-0.15, -0.1) is 0 Å². The van der Waals surface area contributed by atoms with E-state index in [9.17, 15) is 0 Å². The van der Waals surface area contributed by atoms with Crippen molar-refractivity contribution in [3.8, 4) is 22.8 Å². The minimum absolute atomic E-state index is 0.612. The molecule has 98 valence electrons. The lowest BCUT2D eigenvalue weighted by Gasteiger charge is -2.09. The van der Waals surface area contributed by atoms with Crippen molar-refractivity contribution in [2.75, 3.05) is 0 Å². The number of hydrogen-bond acceptors (Lipinski definition) is 3. The molecule has 0 aliphatic carbocycles. The van der Waals surface area contributed by atoms with Gasteiger partial charge < -0.3 is 0 Å². The minimum atomic E-state index is 0.612. The molecule has 0 spiro atoms. The Morgan fingerprint density at radius 2 is 1.65 bits per heavy atom. The molecule has 3 rings (SSSR count). The van der Waals surface area contributed by atoms with Crippen molar-refractivity contribution >= 4 is 11.6 Å². The third-order valence-electron chi connectivity index (χ3n) is 3.02. The van der Waals surface area contributed by atoms with Gasteiger partial charge in [-0.2, -0.15) is 0 Å². The fourth-order valence-corrected chi connectivity index (χ4v) is 2.24. The van der Waals surface area contributed by atoms with Gasteiger partial charge >= 0.3 is 0 Å². The highest BCUT2D eigenvalue weighted by Gasteiger charge is 2.10. The molecule has 0 fully saturated rings. The number of benzene rings is 1. The van der Waals surface area contributed by atoms with Crippen LogP contribution in [0.15, 0.2) is 54.9 Å². The first kappa shape index (κ1) is 12.8. The summed E-state index contributed by atoms with van der Waals surface area (Å²) in [6, 6.07) is 13.4. The van der Waals surface area contributed by atoms with Crippen molar-refractivity contribution in [3.05, 3.63) is 65.4 Å². The molecule has 3 aromatic rings.